The fourth-order valence-electron chi connectivity index (χ4n) is 4.09. The lowest BCUT2D eigenvalue weighted by molar-refractivity contribution is -0.133. The predicted octanol–water partition coefficient (Wildman–Crippen LogP) is 2.03. The lowest BCUT2D eigenvalue weighted by atomic mass is 10.0. The molecule has 4 N–H and O–H groups in total. The summed E-state index contributed by atoms with van der Waals surface area (Å²) in [6.07, 6.45) is 0. The normalized spacial score (nSPS) is 18.5. The molecular formula is C23H27N5O3. The van der Waals surface area contributed by atoms with Crippen LogP contribution in [0, 0.1) is 5.92 Å². The maximum atomic E-state index is 12.7. The molecule has 8 heteroatoms. The highest BCUT2D eigenvalue weighted by atomic mass is 16.5. The van der Waals surface area contributed by atoms with Gasteiger partial charge in [-0.05, 0) is 29.8 Å². The molecule has 2 atom stereocenters. The number of hydrogen-bond donors (Lipinski definition) is 4. The number of nitrogens with zero attached hydrogens (tertiary/aromatic N) is 2. The molecule has 0 radical (unpaired) electrons. The Morgan fingerprint density at radius 1 is 1.16 bits per heavy atom. The molecule has 0 bridgehead atoms. The van der Waals surface area contributed by atoms with E-state index in [1.54, 1.807) is 17.6 Å². The van der Waals surface area contributed by atoms with Crippen LogP contribution in [0.3, 0.4) is 0 Å². The summed E-state index contributed by atoms with van der Waals surface area (Å²) in [6, 6.07) is 15.2. The zero-order valence-electron chi connectivity index (χ0n) is 17.6. The molecule has 162 valence electrons. The van der Waals surface area contributed by atoms with Crippen LogP contribution >= 0.6 is 0 Å². The van der Waals surface area contributed by atoms with Gasteiger partial charge in [0.25, 0.3) is 5.91 Å². The van der Waals surface area contributed by atoms with Gasteiger partial charge in [0.2, 0.25) is 5.91 Å². The van der Waals surface area contributed by atoms with Gasteiger partial charge in [-0.2, -0.15) is 0 Å². The first-order valence-electron chi connectivity index (χ1n) is 10.5. The van der Waals surface area contributed by atoms with Crippen molar-refractivity contribution in [3.63, 3.8) is 0 Å². The highest BCUT2D eigenvalue weighted by Crippen LogP contribution is 2.23. The van der Waals surface area contributed by atoms with E-state index in [4.69, 9.17) is 10.2 Å². The van der Waals surface area contributed by atoms with Crippen LogP contribution in [0.2, 0.25) is 0 Å². The Morgan fingerprint density at radius 2 is 1.90 bits per heavy atom. The third-order valence-electron chi connectivity index (χ3n) is 5.73. The molecule has 0 aliphatic carbocycles. The minimum atomic E-state index is -0.503. The molecule has 1 saturated heterocycles. The van der Waals surface area contributed by atoms with Gasteiger partial charge in [0, 0.05) is 31.1 Å². The molecule has 1 aliphatic heterocycles. The van der Waals surface area contributed by atoms with Crippen LogP contribution in [0.4, 0.5) is 0 Å². The number of carbonyl (C=O) groups excluding carboxylic acids is 2. The van der Waals surface area contributed by atoms with Gasteiger partial charge < -0.3 is 15.2 Å². The van der Waals surface area contributed by atoms with Crippen LogP contribution in [0.25, 0.3) is 11.0 Å². The Bertz CT molecular complexity index is 1090. The van der Waals surface area contributed by atoms with E-state index < -0.39 is 11.8 Å². The summed E-state index contributed by atoms with van der Waals surface area (Å²) in [5.74, 6) is 0.0785. The van der Waals surface area contributed by atoms with Crippen LogP contribution in [-0.2, 0) is 11.3 Å². The van der Waals surface area contributed by atoms with Crippen molar-refractivity contribution >= 4 is 22.8 Å². The van der Waals surface area contributed by atoms with Gasteiger partial charge in [0.1, 0.15) is 5.82 Å². The highest BCUT2D eigenvalue weighted by molar-refractivity contribution is 5.95. The van der Waals surface area contributed by atoms with Crippen molar-refractivity contribution < 1.29 is 14.8 Å². The fraction of sp³-hybridized carbons (Fsp3) is 0.348. The molecule has 1 aliphatic rings. The molecule has 4 rings (SSSR count). The zero-order chi connectivity index (χ0) is 22.0. The maximum absolute atomic E-state index is 12.7. The largest absolute Gasteiger partial charge is 0.347 e. The number of benzene rings is 2. The smallest absolute Gasteiger partial charge is 0.251 e. The van der Waals surface area contributed by atoms with Gasteiger partial charge in [-0.3, -0.25) is 14.8 Å². The maximum Gasteiger partial charge on any atom is 0.251 e. The molecule has 2 amide bonds. The Morgan fingerprint density at radius 3 is 2.61 bits per heavy atom. The van der Waals surface area contributed by atoms with Gasteiger partial charge >= 0.3 is 0 Å². The van der Waals surface area contributed by atoms with E-state index in [0.29, 0.717) is 31.1 Å². The SMILES string of the molecule is CC(C)c1nc2ccccc2n1Cc1ccc(C(=O)N[C@@H]2CNC[C@@H]2C(=O)NO)cc1. The van der Waals surface area contributed by atoms with Crippen LogP contribution in [0.5, 0.6) is 0 Å². The van der Waals surface area contributed by atoms with Crippen LogP contribution in [0.1, 0.15) is 41.5 Å². The Balaban J connectivity index is 1.49. The molecule has 3 aromatic rings. The molecule has 0 saturated carbocycles. The molecular weight excluding hydrogens is 394 g/mol. The minimum Gasteiger partial charge on any atom is -0.347 e. The van der Waals surface area contributed by atoms with Crippen LogP contribution < -0.4 is 16.1 Å². The topological polar surface area (TPSA) is 108 Å². The first kappa shape index (κ1) is 21.0. The Labute approximate surface area is 180 Å². The second kappa shape index (κ2) is 8.87. The molecule has 2 aromatic carbocycles. The first-order valence-corrected chi connectivity index (χ1v) is 10.5. The molecule has 2 heterocycles. The second-order valence-electron chi connectivity index (χ2n) is 8.22. The molecule has 31 heavy (non-hydrogen) atoms. The fourth-order valence-corrected chi connectivity index (χ4v) is 4.09. The summed E-state index contributed by atoms with van der Waals surface area (Å²) >= 11 is 0. The van der Waals surface area contributed by atoms with Crippen molar-refractivity contribution in [2.24, 2.45) is 5.92 Å². The summed E-state index contributed by atoms with van der Waals surface area (Å²) in [5, 5.41) is 14.8. The third-order valence-corrected chi connectivity index (χ3v) is 5.73. The summed E-state index contributed by atoms with van der Waals surface area (Å²) in [5.41, 5.74) is 5.34. The number of rotatable bonds is 6. The van der Waals surface area contributed by atoms with E-state index in [0.717, 1.165) is 22.4 Å². The van der Waals surface area contributed by atoms with Gasteiger partial charge in [-0.25, -0.2) is 10.5 Å². The van der Waals surface area contributed by atoms with Crippen molar-refractivity contribution in [1.82, 2.24) is 25.7 Å². The number of para-hydroxylation sites is 2. The Hall–Kier alpha value is -3.23. The standard InChI is InChI=1S/C23H27N5O3/c1-14(2)21-25-18-5-3-4-6-20(18)28(21)13-15-7-9-16(10-8-15)22(29)26-19-12-24-11-17(19)23(30)27-31/h3-10,14,17,19,24,31H,11-13H2,1-2H3,(H,26,29)(H,27,30)/t17-,19+/m0/s1. The molecule has 0 unspecified atom stereocenters. The molecule has 0 spiro atoms. The average Bonchev–Trinajstić information content (AvgIpc) is 3.38. The van der Waals surface area contributed by atoms with Crippen LogP contribution in [-0.4, -0.2) is 45.7 Å². The molecule has 8 nitrogen and oxygen atoms in total. The molecule has 1 aromatic heterocycles. The average molecular weight is 422 g/mol. The number of imidazole rings is 1. The monoisotopic (exact) mass is 421 g/mol. The summed E-state index contributed by atoms with van der Waals surface area (Å²) in [7, 11) is 0. The van der Waals surface area contributed by atoms with Gasteiger partial charge in [-0.15, -0.1) is 0 Å². The predicted molar refractivity (Wildman–Crippen MR) is 117 cm³/mol. The van der Waals surface area contributed by atoms with Crippen molar-refractivity contribution in [2.75, 3.05) is 13.1 Å². The third kappa shape index (κ3) is 4.30. The van der Waals surface area contributed by atoms with Crippen molar-refractivity contribution in [3.05, 3.63) is 65.5 Å². The van der Waals surface area contributed by atoms with E-state index in [9.17, 15) is 9.59 Å². The van der Waals surface area contributed by atoms with Crippen molar-refractivity contribution in [1.29, 1.82) is 0 Å². The summed E-state index contributed by atoms with van der Waals surface area (Å²) in [6.45, 7) is 5.82. The van der Waals surface area contributed by atoms with Crippen molar-refractivity contribution in [2.45, 2.75) is 32.4 Å². The van der Waals surface area contributed by atoms with Gasteiger partial charge in [0.05, 0.1) is 23.0 Å². The van der Waals surface area contributed by atoms with Crippen molar-refractivity contribution in [3.8, 4) is 0 Å². The van der Waals surface area contributed by atoms with Crippen LogP contribution in [0.15, 0.2) is 48.5 Å². The number of amides is 2. The van der Waals surface area contributed by atoms with E-state index in [1.807, 2.05) is 30.3 Å². The van der Waals surface area contributed by atoms with E-state index >= 15 is 0 Å². The lowest BCUT2D eigenvalue weighted by Crippen LogP contribution is -2.45. The van der Waals surface area contributed by atoms with Gasteiger partial charge in [0.15, 0.2) is 0 Å². The number of hydroxylamine groups is 1. The zero-order valence-corrected chi connectivity index (χ0v) is 17.6. The number of hydrogen-bond acceptors (Lipinski definition) is 5. The highest BCUT2D eigenvalue weighted by Gasteiger charge is 2.34. The Kier molecular flexibility index (Phi) is 6.01. The number of aromatic nitrogens is 2. The van der Waals surface area contributed by atoms with Gasteiger partial charge in [-0.1, -0.05) is 38.1 Å². The minimum absolute atomic E-state index is 0.244. The number of carbonyl (C=O) groups is 2. The summed E-state index contributed by atoms with van der Waals surface area (Å²) in [4.78, 5) is 29.2. The molecule has 1 fully saturated rings. The quantitative estimate of drug-likeness (QED) is 0.360. The summed E-state index contributed by atoms with van der Waals surface area (Å²) < 4.78 is 2.22. The number of nitrogens with one attached hydrogen (secondary N) is 3. The number of fused-ring (bicyclic) bond motifs is 1. The lowest BCUT2D eigenvalue weighted by Gasteiger charge is -2.18. The van der Waals surface area contributed by atoms with E-state index in [-0.39, 0.29) is 11.9 Å². The van der Waals surface area contributed by atoms with E-state index in [1.165, 1.54) is 0 Å². The second-order valence-corrected chi connectivity index (χ2v) is 8.22. The first-order chi connectivity index (χ1) is 15.0. The van der Waals surface area contributed by atoms with E-state index in [2.05, 4.69) is 35.1 Å².